The van der Waals surface area contributed by atoms with Crippen molar-refractivity contribution in [2.75, 3.05) is 17.7 Å². The number of benzene rings is 2. The van der Waals surface area contributed by atoms with E-state index in [9.17, 15) is 23.2 Å². The topological polar surface area (TPSA) is 84.5 Å². The Hall–Kier alpha value is -3.29. The van der Waals surface area contributed by atoms with Crippen LogP contribution in [-0.2, 0) is 14.3 Å². The van der Waals surface area contributed by atoms with Crippen molar-refractivity contribution >= 4 is 29.2 Å². The molecule has 0 aromatic heterocycles. The number of hydrogen-bond donors (Lipinski definition) is 2. The van der Waals surface area contributed by atoms with Gasteiger partial charge in [0, 0.05) is 11.8 Å². The van der Waals surface area contributed by atoms with Gasteiger partial charge >= 0.3 is 17.8 Å². The summed E-state index contributed by atoms with van der Waals surface area (Å²) >= 11 is 0. The van der Waals surface area contributed by atoms with Crippen LogP contribution >= 0.6 is 0 Å². The zero-order valence-corrected chi connectivity index (χ0v) is 12.4. The second-order valence-electron chi connectivity index (χ2n) is 4.57. The number of nitrogens with one attached hydrogen (secondary N) is 2. The molecule has 2 amide bonds. The minimum Gasteiger partial charge on any atom is -0.465 e. The first-order valence-electron chi connectivity index (χ1n) is 6.67. The van der Waals surface area contributed by atoms with E-state index in [1.54, 1.807) is 12.1 Å². The highest BCUT2D eigenvalue weighted by molar-refractivity contribution is 6.43. The van der Waals surface area contributed by atoms with Crippen molar-refractivity contribution < 1.29 is 27.9 Å². The maximum atomic E-state index is 13.1. The molecular formula is C16H12F2N2O4. The molecule has 0 saturated heterocycles. The van der Waals surface area contributed by atoms with Gasteiger partial charge in [0.25, 0.3) is 0 Å². The maximum absolute atomic E-state index is 13.1. The minimum atomic E-state index is -1.16. The van der Waals surface area contributed by atoms with E-state index in [2.05, 4.69) is 15.4 Å². The smallest absolute Gasteiger partial charge is 0.339 e. The monoisotopic (exact) mass is 334 g/mol. The molecule has 0 fully saturated rings. The van der Waals surface area contributed by atoms with Gasteiger partial charge in [-0.25, -0.2) is 13.6 Å². The van der Waals surface area contributed by atoms with Crippen LogP contribution in [0.2, 0.25) is 0 Å². The van der Waals surface area contributed by atoms with Crippen molar-refractivity contribution in [1.29, 1.82) is 0 Å². The molecule has 0 aliphatic rings. The van der Waals surface area contributed by atoms with Gasteiger partial charge < -0.3 is 15.4 Å². The Morgan fingerprint density at radius 1 is 0.917 bits per heavy atom. The van der Waals surface area contributed by atoms with Crippen molar-refractivity contribution in [2.24, 2.45) is 0 Å². The highest BCUT2D eigenvalue weighted by Crippen LogP contribution is 2.17. The number of hydrogen-bond acceptors (Lipinski definition) is 4. The Bertz CT molecular complexity index is 808. The molecule has 0 aliphatic heterocycles. The van der Waals surface area contributed by atoms with Crippen LogP contribution in [0.4, 0.5) is 20.2 Å². The number of para-hydroxylation sites is 1. The van der Waals surface area contributed by atoms with E-state index >= 15 is 0 Å². The van der Waals surface area contributed by atoms with Gasteiger partial charge in [-0.2, -0.15) is 0 Å². The summed E-state index contributed by atoms with van der Waals surface area (Å²) in [6.07, 6.45) is 0. The molecule has 0 radical (unpaired) electrons. The third kappa shape index (κ3) is 3.92. The van der Waals surface area contributed by atoms with E-state index in [1.807, 2.05) is 0 Å². The van der Waals surface area contributed by atoms with E-state index in [-0.39, 0.29) is 16.9 Å². The Morgan fingerprint density at radius 2 is 1.58 bits per heavy atom. The lowest BCUT2D eigenvalue weighted by atomic mass is 10.2. The molecule has 2 N–H and O–H groups in total. The molecule has 0 aliphatic carbocycles. The number of amides is 2. The highest BCUT2D eigenvalue weighted by Gasteiger charge is 2.18. The minimum absolute atomic E-state index is 0.0639. The molecule has 0 atom stereocenters. The van der Waals surface area contributed by atoms with Gasteiger partial charge in [-0.15, -0.1) is 0 Å². The molecule has 2 rings (SSSR count). The van der Waals surface area contributed by atoms with Crippen LogP contribution in [0.1, 0.15) is 10.4 Å². The molecule has 8 heteroatoms. The lowest BCUT2D eigenvalue weighted by Gasteiger charge is -2.10. The third-order valence-corrected chi connectivity index (χ3v) is 2.96. The molecule has 0 unspecified atom stereocenters. The fourth-order valence-corrected chi connectivity index (χ4v) is 1.82. The number of esters is 1. The van der Waals surface area contributed by atoms with Crippen molar-refractivity contribution in [3.63, 3.8) is 0 Å². The van der Waals surface area contributed by atoms with E-state index in [1.165, 1.54) is 19.2 Å². The van der Waals surface area contributed by atoms with Gasteiger partial charge in [-0.05, 0) is 24.3 Å². The van der Waals surface area contributed by atoms with E-state index in [0.29, 0.717) is 0 Å². The van der Waals surface area contributed by atoms with E-state index < -0.39 is 29.4 Å². The summed E-state index contributed by atoms with van der Waals surface area (Å²) < 4.78 is 30.5. The molecule has 0 bridgehead atoms. The standard InChI is InChI=1S/C16H12F2N2O4/c1-24-16(23)10-4-2-3-5-13(10)20-15(22)14(21)19-9-6-7-11(17)12(18)8-9/h2-8H,1H3,(H,19,21)(H,20,22). The first kappa shape index (κ1) is 17.1. The first-order chi connectivity index (χ1) is 11.4. The van der Waals surface area contributed by atoms with Crippen molar-refractivity contribution in [3.05, 3.63) is 59.7 Å². The predicted octanol–water partition coefficient (Wildman–Crippen LogP) is 2.33. The second kappa shape index (κ2) is 7.32. The molecule has 2 aromatic carbocycles. The van der Waals surface area contributed by atoms with Crippen LogP contribution in [0.5, 0.6) is 0 Å². The summed E-state index contributed by atoms with van der Waals surface area (Å²) in [7, 11) is 1.18. The van der Waals surface area contributed by atoms with Crippen molar-refractivity contribution in [3.8, 4) is 0 Å². The van der Waals surface area contributed by atoms with Crippen molar-refractivity contribution in [2.45, 2.75) is 0 Å². The Kier molecular flexibility index (Phi) is 5.20. The highest BCUT2D eigenvalue weighted by atomic mass is 19.2. The maximum Gasteiger partial charge on any atom is 0.339 e. The fourth-order valence-electron chi connectivity index (χ4n) is 1.82. The number of carbonyl (C=O) groups is 3. The molecule has 0 spiro atoms. The number of ether oxygens (including phenoxy) is 1. The molecule has 6 nitrogen and oxygen atoms in total. The van der Waals surface area contributed by atoms with Crippen LogP contribution in [-0.4, -0.2) is 24.9 Å². The molecule has 24 heavy (non-hydrogen) atoms. The van der Waals surface area contributed by atoms with Gasteiger partial charge in [-0.1, -0.05) is 12.1 Å². The fraction of sp³-hybridized carbons (Fsp3) is 0.0625. The molecule has 0 saturated carbocycles. The Balaban J connectivity index is 2.11. The quantitative estimate of drug-likeness (QED) is 0.666. The zero-order valence-electron chi connectivity index (χ0n) is 12.4. The first-order valence-corrected chi connectivity index (χ1v) is 6.67. The SMILES string of the molecule is COC(=O)c1ccccc1NC(=O)C(=O)Nc1ccc(F)c(F)c1. The number of rotatable bonds is 3. The molecular weight excluding hydrogens is 322 g/mol. The van der Waals surface area contributed by atoms with Gasteiger partial charge in [0.05, 0.1) is 18.4 Å². The average molecular weight is 334 g/mol. The summed E-state index contributed by atoms with van der Waals surface area (Å²) in [5.74, 6) is -5.13. The van der Waals surface area contributed by atoms with E-state index in [0.717, 1.165) is 18.2 Å². The van der Waals surface area contributed by atoms with Crippen molar-refractivity contribution in [1.82, 2.24) is 0 Å². The third-order valence-electron chi connectivity index (χ3n) is 2.96. The van der Waals surface area contributed by atoms with Gasteiger partial charge in [0.15, 0.2) is 11.6 Å². The molecule has 0 heterocycles. The molecule has 124 valence electrons. The van der Waals surface area contributed by atoms with Gasteiger partial charge in [-0.3, -0.25) is 9.59 Å². The normalized spacial score (nSPS) is 9.96. The summed E-state index contributed by atoms with van der Waals surface area (Å²) in [6.45, 7) is 0. The van der Waals surface area contributed by atoms with Crippen LogP contribution < -0.4 is 10.6 Å². The summed E-state index contributed by atoms with van der Waals surface area (Å²) in [5.41, 5.74) is 0.0547. The number of methoxy groups -OCH3 is 1. The predicted molar refractivity (Wildman–Crippen MR) is 81.4 cm³/mol. The number of anilines is 2. The van der Waals surface area contributed by atoms with E-state index in [4.69, 9.17) is 0 Å². The zero-order chi connectivity index (χ0) is 17.7. The van der Waals surface area contributed by atoms with Gasteiger partial charge in [0.1, 0.15) is 0 Å². The molecule has 2 aromatic rings. The number of carbonyl (C=O) groups excluding carboxylic acids is 3. The van der Waals surface area contributed by atoms with Gasteiger partial charge in [0.2, 0.25) is 0 Å². The van der Waals surface area contributed by atoms with Crippen LogP contribution in [0.3, 0.4) is 0 Å². The number of halogens is 2. The summed E-state index contributed by atoms with van der Waals surface area (Å²) in [4.78, 5) is 35.3. The lowest BCUT2D eigenvalue weighted by Crippen LogP contribution is -2.29. The second-order valence-corrected chi connectivity index (χ2v) is 4.57. The van der Waals surface area contributed by atoms with Crippen LogP contribution in [0, 0.1) is 11.6 Å². The lowest BCUT2D eigenvalue weighted by molar-refractivity contribution is -0.133. The Labute approximate surface area is 135 Å². The van der Waals surface area contributed by atoms with Crippen LogP contribution in [0.25, 0.3) is 0 Å². The average Bonchev–Trinajstić information content (AvgIpc) is 2.58. The Morgan fingerprint density at radius 3 is 2.25 bits per heavy atom. The summed E-state index contributed by atoms with van der Waals surface area (Å²) in [6, 6.07) is 8.59. The largest absolute Gasteiger partial charge is 0.465 e. The van der Waals surface area contributed by atoms with Crippen LogP contribution in [0.15, 0.2) is 42.5 Å². The summed E-state index contributed by atoms with van der Waals surface area (Å²) in [5, 5.41) is 4.37.